The normalized spacial score (nSPS) is 11.3. The Bertz CT molecular complexity index is 790. The standard InChI is InChI=1S/C31H48N2O3/c1-3-5-7-9-10-11-12-13-15-24-36-30-26-32-31(33-27-30)28-18-20-29(21-19-28)35-25-17-16-23-34-22-14-8-6-4-2/h13,15,18-21,26-27H,3-12,14,16-17,22-25H2,1-2H3/b15-13+. The van der Waals surface area contributed by atoms with Gasteiger partial charge >= 0.3 is 0 Å². The van der Waals surface area contributed by atoms with Gasteiger partial charge in [0.15, 0.2) is 11.6 Å². The molecule has 0 aliphatic carbocycles. The Morgan fingerprint density at radius 3 is 1.94 bits per heavy atom. The lowest BCUT2D eigenvalue weighted by atomic mass is 10.1. The second-order valence-corrected chi connectivity index (χ2v) is 9.33. The molecule has 2 aromatic rings. The smallest absolute Gasteiger partial charge is 0.159 e. The SMILES string of the molecule is CCCCCCCC/C=C/COc1cnc(-c2ccc(OCCCCOCCCCCC)cc2)nc1. The van der Waals surface area contributed by atoms with Gasteiger partial charge in [0.05, 0.1) is 19.0 Å². The minimum Gasteiger partial charge on any atom is -0.494 e. The van der Waals surface area contributed by atoms with E-state index in [-0.39, 0.29) is 0 Å². The molecule has 5 nitrogen and oxygen atoms in total. The molecule has 0 aliphatic rings. The maximum atomic E-state index is 5.85. The maximum absolute atomic E-state index is 5.85. The summed E-state index contributed by atoms with van der Waals surface area (Å²) in [5, 5.41) is 0. The topological polar surface area (TPSA) is 53.5 Å². The first-order chi connectivity index (χ1) is 17.8. The van der Waals surface area contributed by atoms with Crippen molar-refractivity contribution in [1.29, 1.82) is 0 Å². The molecule has 0 radical (unpaired) electrons. The van der Waals surface area contributed by atoms with Crippen molar-refractivity contribution in [1.82, 2.24) is 9.97 Å². The van der Waals surface area contributed by atoms with Crippen molar-refractivity contribution in [3.63, 3.8) is 0 Å². The van der Waals surface area contributed by atoms with E-state index in [1.165, 1.54) is 64.2 Å². The van der Waals surface area contributed by atoms with E-state index in [1.807, 2.05) is 24.3 Å². The summed E-state index contributed by atoms with van der Waals surface area (Å²) in [5.41, 5.74) is 0.962. The fourth-order valence-corrected chi connectivity index (χ4v) is 3.84. The first-order valence-electron chi connectivity index (χ1n) is 14.2. The number of allylic oxidation sites excluding steroid dienone is 1. The van der Waals surface area contributed by atoms with Gasteiger partial charge in [0, 0.05) is 18.8 Å². The first-order valence-corrected chi connectivity index (χ1v) is 14.2. The zero-order valence-corrected chi connectivity index (χ0v) is 22.8. The van der Waals surface area contributed by atoms with Crippen LogP contribution in [0.15, 0.2) is 48.8 Å². The molecular formula is C31H48N2O3. The fraction of sp³-hybridized carbons (Fsp3) is 0.613. The van der Waals surface area contributed by atoms with Crippen LogP contribution in [0.3, 0.4) is 0 Å². The Hall–Kier alpha value is -2.40. The Morgan fingerprint density at radius 2 is 1.22 bits per heavy atom. The van der Waals surface area contributed by atoms with E-state index in [4.69, 9.17) is 14.2 Å². The van der Waals surface area contributed by atoms with Gasteiger partial charge in [-0.15, -0.1) is 0 Å². The van der Waals surface area contributed by atoms with E-state index in [1.54, 1.807) is 12.4 Å². The molecule has 1 heterocycles. The maximum Gasteiger partial charge on any atom is 0.159 e. The van der Waals surface area contributed by atoms with Gasteiger partial charge in [-0.1, -0.05) is 77.4 Å². The Kier molecular flexibility index (Phi) is 17.2. The van der Waals surface area contributed by atoms with Crippen molar-refractivity contribution in [2.75, 3.05) is 26.4 Å². The second kappa shape index (κ2) is 20.8. The molecule has 200 valence electrons. The van der Waals surface area contributed by atoms with Crippen LogP contribution >= 0.6 is 0 Å². The highest BCUT2D eigenvalue weighted by Gasteiger charge is 2.03. The van der Waals surface area contributed by atoms with Crippen LogP contribution in [0.25, 0.3) is 11.4 Å². The van der Waals surface area contributed by atoms with Crippen molar-refractivity contribution in [3.8, 4) is 22.9 Å². The lowest BCUT2D eigenvalue weighted by Crippen LogP contribution is -2.02. The number of nitrogens with zero attached hydrogens (tertiary/aromatic N) is 2. The summed E-state index contributed by atoms with van der Waals surface area (Å²) in [5.74, 6) is 2.24. The molecular weight excluding hydrogens is 448 g/mol. The molecule has 0 saturated heterocycles. The Morgan fingerprint density at radius 1 is 0.611 bits per heavy atom. The molecule has 0 unspecified atom stereocenters. The van der Waals surface area contributed by atoms with Crippen molar-refractivity contribution in [2.24, 2.45) is 0 Å². The van der Waals surface area contributed by atoms with E-state index < -0.39 is 0 Å². The number of rotatable bonds is 22. The minimum absolute atomic E-state index is 0.551. The van der Waals surface area contributed by atoms with E-state index >= 15 is 0 Å². The van der Waals surface area contributed by atoms with E-state index in [0.29, 0.717) is 24.8 Å². The summed E-state index contributed by atoms with van der Waals surface area (Å²) in [6.07, 6.45) is 23.9. The second-order valence-electron chi connectivity index (χ2n) is 9.33. The lowest BCUT2D eigenvalue weighted by molar-refractivity contribution is 0.122. The van der Waals surface area contributed by atoms with Gasteiger partial charge in [-0.2, -0.15) is 0 Å². The van der Waals surface area contributed by atoms with E-state index in [0.717, 1.165) is 43.8 Å². The predicted octanol–water partition coefficient (Wildman–Crippen LogP) is 8.59. The monoisotopic (exact) mass is 496 g/mol. The largest absolute Gasteiger partial charge is 0.494 e. The van der Waals surface area contributed by atoms with Crippen LogP contribution in [-0.2, 0) is 4.74 Å². The number of aromatic nitrogens is 2. The van der Waals surface area contributed by atoms with Crippen molar-refractivity contribution in [3.05, 3.63) is 48.8 Å². The molecule has 0 spiro atoms. The van der Waals surface area contributed by atoms with E-state index in [2.05, 4.69) is 36.0 Å². The van der Waals surface area contributed by atoms with E-state index in [9.17, 15) is 0 Å². The van der Waals surface area contributed by atoms with Crippen LogP contribution in [-0.4, -0.2) is 36.4 Å². The van der Waals surface area contributed by atoms with Gasteiger partial charge in [0.2, 0.25) is 0 Å². The molecule has 0 bridgehead atoms. The van der Waals surface area contributed by atoms with Gasteiger partial charge in [-0.3, -0.25) is 0 Å². The third-order valence-corrected chi connectivity index (χ3v) is 6.07. The summed E-state index contributed by atoms with van der Waals surface area (Å²) >= 11 is 0. The van der Waals surface area contributed by atoms with Gasteiger partial charge in [-0.05, 0) is 56.4 Å². The van der Waals surface area contributed by atoms with Gasteiger partial charge in [0.1, 0.15) is 12.4 Å². The first kappa shape index (κ1) is 29.8. The summed E-state index contributed by atoms with van der Waals surface area (Å²) in [6.45, 7) is 7.44. The lowest BCUT2D eigenvalue weighted by Gasteiger charge is -2.08. The van der Waals surface area contributed by atoms with Gasteiger partial charge in [-0.25, -0.2) is 9.97 Å². The highest BCUT2D eigenvalue weighted by molar-refractivity contribution is 5.56. The molecule has 0 atom stereocenters. The Labute approximate surface area is 219 Å². The molecule has 36 heavy (non-hydrogen) atoms. The predicted molar refractivity (Wildman–Crippen MR) is 150 cm³/mol. The molecule has 0 aliphatic heterocycles. The number of unbranched alkanes of at least 4 members (excludes halogenated alkanes) is 10. The number of ether oxygens (including phenoxy) is 3. The summed E-state index contributed by atoms with van der Waals surface area (Å²) in [6, 6.07) is 7.94. The third-order valence-electron chi connectivity index (χ3n) is 6.07. The molecule has 0 fully saturated rings. The molecule has 1 aromatic carbocycles. The summed E-state index contributed by atoms with van der Waals surface area (Å²) in [7, 11) is 0. The summed E-state index contributed by atoms with van der Waals surface area (Å²) in [4.78, 5) is 8.91. The van der Waals surface area contributed by atoms with Crippen molar-refractivity contribution in [2.45, 2.75) is 97.3 Å². The number of benzene rings is 1. The van der Waals surface area contributed by atoms with Gasteiger partial charge < -0.3 is 14.2 Å². The van der Waals surface area contributed by atoms with Crippen LogP contribution in [0, 0.1) is 0 Å². The zero-order chi connectivity index (χ0) is 25.5. The fourth-order valence-electron chi connectivity index (χ4n) is 3.84. The van der Waals surface area contributed by atoms with Crippen LogP contribution in [0.5, 0.6) is 11.5 Å². The van der Waals surface area contributed by atoms with Crippen LogP contribution in [0.4, 0.5) is 0 Å². The molecule has 0 N–H and O–H groups in total. The van der Waals surface area contributed by atoms with Crippen LogP contribution in [0.2, 0.25) is 0 Å². The number of hydrogen-bond acceptors (Lipinski definition) is 5. The molecule has 0 amide bonds. The van der Waals surface area contributed by atoms with Crippen LogP contribution < -0.4 is 9.47 Å². The highest BCUT2D eigenvalue weighted by atomic mass is 16.5. The molecule has 0 saturated carbocycles. The quantitative estimate of drug-likeness (QED) is 0.121. The number of hydrogen-bond donors (Lipinski definition) is 0. The molecule has 2 rings (SSSR count). The molecule has 5 heteroatoms. The minimum atomic E-state index is 0.551. The zero-order valence-electron chi connectivity index (χ0n) is 22.8. The summed E-state index contributed by atoms with van der Waals surface area (Å²) < 4.78 is 17.3. The van der Waals surface area contributed by atoms with Crippen LogP contribution in [0.1, 0.15) is 97.3 Å². The van der Waals surface area contributed by atoms with Gasteiger partial charge in [0.25, 0.3) is 0 Å². The molecule has 1 aromatic heterocycles. The van der Waals surface area contributed by atoms with Crippen molar-refractivity contribution < 1.29 is 14.2 Å². The third kappa shape index (κ3) is 14.2. The average Bonchev–Trinajstić information content (AvgIpc) is 2.91. The Balaban J connectivity index is 1.56. The van der Waals surface area contributed by atoms with Crippen molar-refractivity contribution >= 4 is 0 Å². The highest BCUT2D eigenvalue weighted by Crippen LogP contribution is 2.20. The average molecular weight is 497 g/mol.